The molecule has 0 saturated carbocycles. The highest BCUT2D eigenvalue weighted by Gasteiger charge is 1.61. The summed E-state index contributed by atoms with van der Waals surface area (Å²) >= 11 is 0. The van der Waals surface area contributed by atoms with Crippen molar-refractivity contribution < 1.29 is 0 Å². The van der Waals surface area contributed by atoms with Gasteiger partial charge in [0.1, 0.15) is 0 Å². The van der Waals surface area contributed by atoms with Crippen LogP contribution < -0.4 is 0 Å². The molecular weight excluding hydrogens is 60.1 g/mol. The first kappa shape index (κ1) is 4.74. The quantitative estimate of drug-likeness (QED) is 0.406. The predicted molar refractivity (Wildman–Crippen MR) is 23.8 cm³/mol. The topological polar surface area (TPSA) is 0 Å². The zero-order chi connectivity index (χ0) is 4.28. The highest BCUT2D eigenvalue weighted by Crippen LogP contribution is 1.81. The normalized spacial score (nSPS) is 7.00. The van der Waals surface area contributed by atoms with Crippen LogP contribution in [0.15, 0.2) is 5.57 Å². The fourth-order valence-electron chi connectivity index (χ4n) is 0. The van der Waals surface area contributed by atoms with Gasteiger partial charge in [0.2, 0.25) is 0 Å². The van der Waals surface area contributed by atoms with Gasteiger partial charge in [-0.25, -0.2) is 0 Å². The minimum absolute atomic E-state index is 1.25. The van der Waals surface area contributed by atoms with Gasteiger partial charge in [-0.1, -0.05) is 5.57 Å². The Labute approximate surface area is 33.5 Å². The van der Waals surface area contributed by atoms with Crippen LogP contribution in [-0.2, 0) is 0 Å². The Kier molecular flexibility index (Phi) is 1.90. The van der Waals surface area contributed by atoms with Crippen molar-refractivity contribution in [2.45, 2.75) is 20.8 Å². The van der Waals surface area contributed by atoms with Crippen molar-refractivity contribution in [1.82, 2.24) is 0 Å². The lowest BCUT2D eigenvalue weighted by Gasteiger charge is -1.72. The Morgan fingerprint density at radius 3 is 1.60 bits per heavy atom. The van der Waals surface area contributed by atoms with Gasteiger partial charge >= 0.3 is 0 Å². The van der Waals surface area contributed by atoms with Crippen molar-refractivity contribution in [3.63, 3.8) is 0 Å². The van der Waals surface area contributed by atoms with Crippen molar-refractivity contribution in [2.24, 2.45) is 0 Å². The second-order valence-corrected chi connectivity index (χ2v) is 1.25. The molecule has 0 aliphatic rings. The van der Waals surface area contributed by atoms with Gasteiger partial charge in [0.15, 0.2) is 0 Å². The molecule has 0 atom stereocenters. The van der Waals surface area contributed by atoms with Gasteiger partial charge in [-0.05, 0) is 26.8 Å². The molecule has 0 aliphatic carbocycles. The molecule has 0 rings (SSSR count). The molecule has 0 aromatic carbocycles. The number of hydrogen-bond acceptors (Lipinski definition) is 0. The lowest BCUT2D eigenvalue weighted by Crippen LogP contribution is -1.53. The highest BCUT2D eigenvalue weighted by molar-refractivity contribution is 4.82. The third-order valence-corrected chi connectivity index (χ3v) is 0.500. The summed E-state index contributed by atoms with van der Waals surface area (Å²) in [5.74, 6) is 0. The van der Waals surface area contributed by atoms with Crippen molar-refractivity contribution in [2.75, 3.05) is 0 Å². The van der Waals surface area contributed by atoms with E-state index < -0.39 is 0 Å². The zero-order valence-corrected chi connectivity index (χ0v) is 4.00. The second-order valence-electron chi connectivity index (χ2n) is 1.25. The first-order valence-electron chi connectivity index (χ1n) is 1.75. The minimum atomic E-state index is 1.25. The monoisotopic (exact) mass is 69.1 g/mol. The van der Waals surface area contributed by atoms with Crippen LogP contribution in [0.5, 0.6) is 0 Å². The van der Waals surface area contributed by atoms with Crippen molar-refractivity contribution in [1.29, 1.82) is 0 Å². The molecule has 0 spiro atoms. The van der Waals surface area contributed by atoms with Crippen molar-refractivity contribution in [3.8, 4) is 0 Å². The molecule has 5 heavy (non-hydrogen) atoms. The molecule has 29 valence electrons. The molecule has 0 aromatic rings. The zero-order valence-electron chi connectivity index (χ0n) is 4.00. The van der Waals surface area contributed by atoms with E-state index >= 15 is 0 Å². The maximum Gasteiger partial charge on any atom is -0.0396 e. The third-order valence-electron chi connectivity index (χ3n) is 0.500. The molecule has 0 nitrogen and oxygen atoms in total. The molecule has 0 aromatic heterocycles. The standard InChI is InChI=1S/C5H9/c1-4-5(2)3/h1-3H3. The van der Waals surface area contributed by atoms with Gasteiger partial charge in [0.05, 0.1) is 0 Å². The third kappa shape index (κ3) is 3.74. The summed E-state index contributed by atoms with van der Waals surface area (Å²) < 4.78 is 0. The Hall–Kier alpha value is -0.260. The second kappa shape index (κ2) is 2.01. The van der Waals surface area contributed by atoms with E-state index in [4.69, 9.17) is 0 Å². The smallest absolute Gasteiger partial charge is 0.0396 e. The molecule has 0 heterocycles. The van der Waals surface area contributed by atoms with Crippen LogP contribution in [0.3, 0.4) is 0 Å². The van der Waals surface area contributed by atoms with Gasteiger partial charge in [0, 0.05) is 0 Å². The predicted octanol–water partition coefficient (Wildman–Crippen LogP) is 1.78. The van der Waals surface area contributed by atoms with E-state index in [9.17, 15) is 0 Å². The summed E-state index contributed by atoms with van der Waals surface area (Å²) in [6.07, 6.45) is 2.94. The number of rotatable bonds is 0. The fourth-order valence-corrected chi connectivity index (χ4v) is 0. The van der Waals surface area contributed by atoms with Crippen LogP contribution in [0.25, 0.3) is 0 Å². The molecule has 0 amide bonds. The van der Waals surface area contributed by atoms with Gasteiger partial charge < -0.3 is 0 Å². The summed E-state index contributed by atoms with van der Waals surface area (Å²) in [4.78, 5) is 0. The van der Waals surface area contributed by atoms with E-state index in [1.54, 1.807) is 0 Å². The van der Waals surface area contributed by atoms with Gasteiger partial charge in [0.25, 0.3) is 0 Å². The van der Waals surface area contributed by atoms with Gasteiger partial charge in [-0.3, -0.25) is 0 Å². The molecule has 0 saturated heterocycles. The Morgan fingerprint density at radius 1 is 1.40 bits per heavy atom. The Morgan fingerprint density at radius 2 is 1.60 bits per heavy atom. The lowest BCUT2D eigenvalue weighted by molar-refractivity contribution is 1.33. The first-order chi connectivity index (χ1) is 2.27. The average molecular weight is 69.1 g/mol. The van der Waals surface area contributed by atoms with E-state index in [0.717, 1.165) is 0 Å². The van der Waals surface area contributed by atoms with E-state index in [1.807, 2.05) is 20.8 Å². The van der Waals surface area contributed by atoms with Crippen LogP contribution in [0, 0.1) is 6.08 Å². The van der Waals surface area contributed by atoms with Crippen molar-refractivity contribution in [3.05, 3.63) is 11.6 Å². The molecule has 0 heteroatoms. The summed E-state index contributed by atoms with van der Waals surface area (Å²) in [5.41, 5.74) is 1.25. The van der Waals surface area contributed by atoms with Crippen LogP contribution in [0.4, 0.5) is 0 Å². The summed E-state index contributed by atoms with van der Waals surface area (Å²) in [5, 5.41) is 0. The molecule has 0 N–H and O–H groups in total. The van der Waals surface area contributed by atoms with E-state index in [1.165, 1.54) is 5.57 Å². The Balaban J connectivity index is 3.14. The van der Waals surface area contributed by atoms with E-state index in [-0.39, 0.29) is 0 Å². The molecule has 0 bridgehead atoms. The van der Waals surface area contributed by atoms with Crippen LogP contribution in [0.2, 0.25) is 0 Å². The highest BCUT2D eigenvalue weighted by atomic mass is 13.7. The van der Waals surface area contributed by atoms with Crippen LogP contribution in [0.1, 0.15) is 20.8 Å². The number of allylic oxidation sites excluding steroid dienone is 2. The first-order valence-corrected chi connectivity index (χ1v) is 1.75. The maximum atomic E-state index is 2.94. The molecule has 1 radical (unpaired) electrons. The maximum absolute atomic E-state index is 2.94. The van der Waals surface area contributed by atoms with Crippen molar-refractivity contribution >= 4 is 0 Å². The largest absolute Gasteiger partial charge is 0.0732 e. The molecule has 0 unspecified atom stereocenters. The molecule has 0 aliphatic heterocycles. The molecule has 0 fully saturated rings. The Bertz CT molecular complexity index is 38.0. The summed E-state index contributed by atoms with van der Waals surface area (Å²) in [6.45, 7) is 5.97. The molecular formula is C5H9. The van der Waals surface area contributed by atoms with E-state index in [0.29, 0.717) is 0 Å². The SMILES string of the molecule is C[C]=C(C)C. The minimum Gasteiger partial charge on any atom is -0.0732 e. The van der Waals surface area contributed by atoms with E-state index in [2.05, 4.69) is 6.08 Å². The lowest BCUT2D eigenvalue weighted by atomic mass is 10.3. The summed E-state index contributed by atoms with van der Waals surface area (Å²) in [6, 6.07) is 0. The summed E-state index contributed by atoms with van der Waals surface area (Å²) in [7, 11) is 0. The van der Waals surface area contributed by atoms with Crippen LogP contribution in [-0.4, -0.2) is 0 Å². The van der Waals surface area contributed by atoms with Gasteiger partial charge in [-0.15, -0.1) is 0 Å². The fraction of sp³-hybridized carbons (Fsp3) is 0.600. The number of hydrogen-bond donors (Lipinski definition) is 0. The van der Waals surface area contributed by atoms with Gasteiger partial charge in [-0.2, -0.15) is 0 Å². The van der Waals surface area contributed by atoms with Crippen LogP contribution >= 0.6 is 0 Å². The average Bonchev–Trinajstić information content (AvgIpc) is 1.38.